The van der Waals surface area contributed by atoms with Gasteiger partial charge in [-0.3, -0.25) is 24.0 Å². The van der Waals surface area contributed by atoms with E-state index in [2.05, 4.69) is 20.9 Å². The van der Waals surface area contributed by atoms with Crippen LogP contribution in [-0.2, 0) is 35.2 Å². The monoisotopic (exact) mass is 489 g/mol. The molecule has 0 bridgehead atoms. The van der Waals surface area contributed by atoms with E-state index in [4.69, 9.17) is 17.2 Å². The number of amides is 5. The van der Waals surface area contributed by atoms with E-state index < -0.39 is 73.0 Å². The molecule has 0 spiro atoms. The molecule has 0 fully saturated rings. The summed E-state index contributed by atoms with van der Waals surface area (Å²) in [5.41, 5.74) is 17.0. The molecule has 14 nitrogen and oxygen atoms in total. The normalized spacial score (nSPS) is 13.3. The number of nitrogens with one attached hydrogen (secondary N) is 4. The van der Waals surface area contributed by atoms with Crippen LogP contribution in [0.1, 0.15) is 18.4 Å². The van der Waals surface area contributed by atoms with Gasteiger partial charge in [-0.05, 0) is 11.6 Å². The van der Waals surface area contributed by atoms with Crippen LogP contribution in [-0.4, -0.2) is 70.3 Å². The largest absolute Gasteiger partial charge is 0.480 e. The number of aromatic amines is 1. The molecule has 2 aromatic rings. The zero-order valence-electron chi connectivity index (χ0n) is 18.6. The van der Waals surface area contributed by atoms with Gasteiger partial charge in [-0.2, -0.15) is 0 Å². The lowest BCUT2D eigenvalue weighted by Crippen LogP contribution is -2.55. The standard InChI is InChI=1S/C21H27N7O7/c22-12(6-16(23)29)19(32)26-9-18(31)27-14(20(33)28-15(21(34)35)7-17(24)30)5-10-8-25-13-4-2-1-3-11(10)13/h1-4,8,12,14-15,25H,5-7,9,22H2,(H2,23,29)(H2,24,30)(H,26,32)(H,27,31)(H,28,33)(H,34,35). The van der Waals surface area contributed by atoms with Gasteiger partial charge in [-0.15, -0.1) is 0 Å². The number of hydrogen-bond acceptors (Lipinski definition) is 7. The van der Waals surface area contributed by atoms with Gasteiger partial charge in [0.05, 0.1) is 25.4 Å². The second-order valence-corrected chi connectivity index (χ2v) is 7.75. The molecule has 14 heteroatoms. The summed E-state index contributed by atoms with van der Waals surface area (Å²) in [5, 5.41) is 16.9. The van der Waals surface area contributed by atoms with Crippen molar-refractivity contribution in [1.29, 1.82) is 0 Å². The molecule has 11 N–H and O–H groups in total. The fourth-order valence-corrected chi connectivity index (χ4v) is 3.26. The minimum absolute atomic E-state index is 0.0420. The molecule has 1 heterocycles. The minimum Gasteiger partial charge on any atom is -0.480 e. The molecule has 1 aromatic carbocycles. The second kappa shape index (κ2) is 12.1. The van der Waals surface area contributed by atoms with Crippen molar-refractivity contribution in [1.82, 2.24) is 20.9 Å². The number of para-hydroxylation sites is 1. The molecule has 35 heavy (non-hydrogen) atoms. The molecule has 0 aliphatic rings. The Morgan fingerprint density at radius 2 is 1.57 bits per heavy atom. The summed E-state index contributed by atoms with van der Waals surface area (Å²) in [6.07, 6.45) is 0.525. The Labute approximate surface area is 198 Å². The third-order valence-electron chi connectivity index (χ3n) is 4.95. The summed E-state index contributed by atoms with van der Waals surface area (Å²) in [5.74, 6) is -5.68. The van der Waals surface area contributed by atoms with Crippen LogP contribution in [0.5, 0.6) is 0 Å². The maximum atomic E-state index is 12.9. The van der Waals surface area contributed by atoms with Crippen LogP contribution in [0.4, 0.5) is 0 Å². The number of aromatic nitrogens is 1. The van der Waals surface area contributed by atoms with Gasteiger partial charge in [-0.25, -0.2) is 4.79 Å². The number of carboxylic acid groups (broad SMARTS) is 1. The summed E-state index contributed by atoms with van der Waals surface area (Å²) >= 11 is 0. The highest BCUT2D eigenvalue weighted by Crippen LogP contribution is 2.19. The van der Waals surface area contributed by atoms with Crippen molar-refractivity contribution in [3.63, 3.8) is 0 Å². The van der Waals surface area contributed by atoms with Gasteiger partial charge in [0, 0.05) is 23.5 Å². The lowest BCUT2D eigenvalue weighted by atomic mass is 10.0. The Morgan fingerprint density at radius 1 is 0.914 bits per heavy atom. The van der Waals surface area contributed by atoms with Crippen LogP contribution in [0.15, 0.2) is 30.5 Å². The maximum Gasteiger partial charge on any atom is 0.326 e. The molecule has 0 aliphatic carbocycles. The number of carboxylic acids is 1. The number of benzene rings is 1. The van der Waals surface area contributed by atoms with E-state index in [-0.39, 0.29) is 6.42 Å². The molecule has 0 saturated heterocycles. The average Bonchev–Trinajstić information content (AvgIpc) is 3.18. The highest BCUT2D eigenvalue weighted by atomic mass is 16.4. The highest BCUT2D eigenvalue weighted by molar-refractivity contribution is 5.95. The number of hydrogen-bond donors (Lipinski definition) is 8. The number of rotatable bonds is 13. The lowest BCUT2D eigenvalue weighted by molar-refractivity contribution is -0.143. The van der Waals surface area contributed by atoms with Crippen molar-refractivity contribution in [3.8, 4) is 0 Å². The highest BCUT2D eigenvalue weighted by Gasteiger charge is 2.29. The zero-order chi connectivity index (χ0) is 26.1. The first-order valence-electron chi connectivity index (χ1n) is 10.4. The van der Waals surface area contributed by atoms with Gasteiger partial charge < -0.3 is 43.2 Å². The minimum atomic E-state index is -1.60. The number of carbonyl (C=O) groups is 6. The number of fused-ring (bicyclic) bond motifs is 1. The third-order valence-corrected chi connectivity index (χ3v) is 4.95. The fraction of sp³-hybridized carbons (Fsp3) is 0.333. The fourth-order valence-electron chi connectivity index (χ4n) is 3.26. The maximum absolute atomic E-state index is 12.9. The van der Waals surface area contributed by atoms with E-state index in [0.29, 0.717) is 5.56 Å². The van der Waals surface area contributed by atoms with Gasteiger partial charge in [-0.1, -0.05) is 18.2 Å². The SMILES string of the molecule is NC(=O)CC(N)C(=O)NCC(=O)NC(Cc1c[nH]c2ccccc12)C(=O)NC(CC(N)=O)C(=O)O. The van der Waals surface area contributed by atoms with Crippen molar-refractivity contribution in [2.24, 2.45) is 17.2 Å². The number of carbonyl (C=O) groups excluding carboxylic acids is 5. The Morgan fingerprint density at radius 3 is 2.20 bits per heavy atom. The van der Waals surface area contributed by atoms with Crippen LogP contribution in [0.2, 0.25) is 0 Å². The number of aliphatic carboxylic acids is 1. The molecule has 0 saturated carbocycles. The molecular weight excluding hydrogens is 462 g/mol. The van der Waals surface area contributed by atoms with Gasteiger partial charge in [0.25, 0.3) is 0 Å². The summed E-state index contributed by atoms with van der Waals surface area (Å²) in [6.45, 7) is -0.577. The van der Waals surface area contributed by atoms with Crippen molar-refractivity contribution < 1.29 is 33.9 Å². The van der Waals surface area contributed by atoms with Crippen LogP contribution in [0.3, 0.4) is 0 Å². The van der Waals surface area contributed by atoms with E-state index in [0.717, 1.165) is 10.9 Å². The van der Waals surface area contributed by atoms with Gasteiger partial charge >= 0.3 is 5.97 Å². The molecule has 3 unspecified atom stereocenters. The molecular formula is C21H27N7O7. The second-order valence-electron chi connectivity index (χ2n) is 7.75. The number of nitrogens with two attached hydrogens (primary N) is 3. The lowest BCUT2D eigenvalue weighted by Gasteiger charge is -2.21. The quantitative estimate of drug-likeness (QED) is 0.143. The van der Waals surface area contributed by atoms with Crippen molar-refractivity contribution in [2.45, 2.75) is 37.4 Å². The van der Waals surface area contributed by atoms with E-state index in [1.165, 1.54) is 0 Å². The first kappa shape index (κ1) is 26.8. The van der Waals surface area contributed by atoms with Crippen LogP contribution < -0.4 is 33.2 Å². The topological polar surface area (TPSA) is 253 Å². The first-order valence-corrected chi connectivity index (χ1v) is 10.4. The van der Waals surface area contributed by atoms with Gasteiger partial charge in [0.15, 0.2) is 0 Å². The molecule has 0 radical (unpaired) electrons. The Balaban J connectivity index is 2.16. The number of primary amides is 2. The van der Waals surface area contributed by atoms with Gasteiger partial charge in [0.1, 0.15) is 12.1 Å². The Hall–Kier alpha value is -4.46. The van der Waals surface area contributed by atoms with Crippen LogP contribution in [0.25, 0.3) is 10.9 Å². The Kier molecular flexibility index (Phi) is 9.28. The molecule has 1 aromatic heterocycles. The van der Waals surface area contributed by atoms with Crippen molar-refractivity contribution >= 4 is 46.4 Å². The molecule has 3 atom stereocenters. The summed E-state index contributed by atoms with van der Waals surface area (Å²) < 4.78 is 0. The average molecular weight is 489 g/mol. The summed E-state index contributed by atoms with van der Waals surface area (Å²) in [7, 11) is 0. The smallest absolute Gasteiger partial charge is 0.326 e. The molecule has 188 valence electrons. The molecule has 2 rings (SSSR count). The molecule has 5 amide bonds. The van der Waals surface area contributed by atoms with E-state index in [9.17, 15) is 33.9 Å². The van der Waals surface area contributed by atoms with Crippen molar-refractivity contribution in [3.05, 3.63) is 36.0 Å². The Bertz CT molecular complexity index is 1130. The summed E-state index contributed by atoms with van der Waals surface area (Å²) in [4.78, 5) is 73.8. The van der Waals surface area contributed by atoms with E-state index in [1.807, 2.05) is 12.1 Å². The van der Waals surface area contributed by atoms with Crippen molar-refractivity contribution in [2.75, 3.05) is 6.54 Å². The number of H-pyrrole nitrogens is 1. The predicted molar refractivity (Wildman–Crippen MR) is 122 cm³/mol. The summed E-state index contributed by atoms with van der Waals surface area (Å²) in [6, 6.07) is 3.07. The van der Waals surface area contributed by atoms with Crippen LogP contribution >= 0.6 is 0 Å². The molecule has 0 aliphatic heterocycles. The van der Waals surface area contributed by atoms with E-state index in [1.54, 1.807) is 18.3 Å². The first-order chi connectivity index (χ1) is 16.5. The third kappa shape index (κ3) is 8.12. The van der Waals surface area contributed by atoms with Crippen LogP contribution in [0, 0.1) is 0 Å². The predicted octanol–water partition coefficient (Wildman–Crippen LogP) is -3.04. The zero-order valence-corrected chi connectivity index (χ0v) is 18.6. The van der Waals surface area contributed by atoms with E-state index >= 15 is 0 Å². The van der Waals surface area contributed by atoms with Gasteiger partial charge in [0.2, 0.25) is 29.5 Å².